The summed E-state index contributed by atoms with van der Waals surface area (Å²) in [6.07, 6.45) is -2.41. The van der Waals surface area contributed by atoms with E-state index in [1.807, 2.05) is 0 Å². The van der Waals surface area contributed by atoms with Gasteiger partial charge in [-0.1, -0.05) is 20.8 Å². The van der Waals surface area contributed by atoms with Gasteiger partial charge in [0.1, 0.15) is 23.8 Å². The largest absolute Gasteiger partial charge is 0.509 e. The van der Waals surface area contributed by atoms with E-state index in [9.17, 15) is 30.3 Å². The quantitative estimate of drug-likeness (QED) is 0.351. The van der Waals surface area contributed by atoms with Gasteiger partial charge >= 0.3 is 0 Å². The van der Waals surface area contributed by atoms with Crippen molar-refractivity contribution in [2.75, 3.05) is 6.61 Å². The molecule has 1 aliphatic heterocycles. The second-order valence-electron chi connectivity index (χ2n) is 9.48. The Kier molecular flexibility index (Phi) is 6.44. The third-order valence-electron chi connectivity index (χ3n) is 7.70. The Bertz CT molecular complexity index is 719. The Balaban J connectivity index is 2.78. The zero-order valence-electron chi connectivity index (χ0n) is 18.4. The summed E-state index contributed by atoms with van der Waals surface area (Å²) < 4.78 is 5.41. The van der Waals surface area contributed by atoms with Crippen molar-refractivity contribution in [1.29, 1.82) is 0 Å². The topological polar surface area (TPSA) is 127 Å². The minimum atomic E-state index is -1.46. The molecule has 1 fully saturated rings. The molecule has 166 valence electrons. The highest BCUT2D eigenvalue weighted by molar-refractivity contribution is 5.51. The van der Waals surface area contributed by atoms with Gasteiger partial charge < -0.3 is 35.1 Å². The standard InChI is InChI=1S/C22H36O7/c1-11(14(4)24)17-19(26)18(25)12(2)16(13(3)21(7,27)20(17,5)6)22(28)10-29-15(22)8-9-23/h9,13-16,19,24-28H,8,10H2,1-7H3/b17-11-,18-12+/t13-,14?,15?,16?,19?,21?,22?/m0/s1. The molecule has 1 saturated heterocycles. The molecule has 7 atom stereocenters. The van der Waals surface area contributed by atoms with Crippen LogP contribution in [0.15, 0.2) is 22.5 Å². The lowest BCUT2D eigenvalue weighted by Gasteiger charge is -2.57. The highest BCUT2D eigenvalue weighted by Gasteiger charge is 2.61. The van der Waals surface area contributed by atoms with Crippen LogP contribution >= 0.6 is 0 Å². The Labute approximate surface area is 172 Å². The first kappa shape index (κ1) is 24.0. The predicted octanol–water partition coefficient (Wildman–Crippen LogP) is 1.64. The summed E-state index contributed by atoms with van der Waals surface area (Å²) in [7, 11) is 0. The van der Waals surface area contributed by atoms with E-state index in [2.05, 4.69) is 0 Å². The summed E-state index contributed by atoms with van der Waals surface area (Å²) in [6.45, 7) is 11.7. The number of hydrogen-bond donors (Lipinski definition) is 5. The van der Waals surface area contributed by atoms with Crippen molar-refractivity contribution >= 4 is 6.29 Å². The Morgan fingerprint density at radius 3 is 2.28 bits per heavy atom. The van der Waals surface area contributed by atoms with E-state index in [-0.39, 0.29) is 18.8 Å². The van der Waals surface area contributed by atoms with Crippen LogP contribution in [0.3, 0.4) is 0 Å². The van der Waals surface area contributed by atoms with Gasteiger partial charge in [0, 0.05) is 17.8 Å². The van der Waals surface area contributed by atoms with Crippen molar-refractivity contribution in [3.8, 4) is 0 Å². The highest BCUT2D eigenvalue weighted by atomic mass is 16.6. The van der Waals surface area contributed by atoms with Crippen LogP contribution in [0, 0.1) is 17.3 Å². The summed E-state index contributed by atoms with van der Waals surface area (Å²) >= 11 is 0. The second-order valence-corrected chi connectivity index (χ2v) is 9.48. The van der Waals surface area contributed by atoms with Gasteiger partial charge in [0.15, 0.2) is 0 Å². The molecule has 0 bridgehead atoms. The van der Waals surface area contributed by atoms with Gasteiger partial charge in [0.05, 0.1) is 24.4 Å². The Morgan fingerprint density at radius 1 is 1.31 bits per heavy atom. The Hall–Kier alpha value is -1.25. The van der Waals surface area contributed by atoms with Gasteiger partial charge in [0.25, 0.3) is 0 Å². The molecule has 2 rings (SSSR count). The van der Waals surface area contributed by atoms with Crippen LogP contribution in [-0.4, -0.2) is 67.9 Å². The van der Waals surface area contributed by atoms with E-state index in [1.54, 1.807) is 48.5 Å². The average molecular weight is 413 g/mol. The molecule has 0 aromatic heterocycles. The summed E-state index contributed by atoms with van der Waals surface area (Å²) in [4.78, 5) is 11.0. The molecule has 7 nitrogen and oxygen atoms in total. The molecule has 0 aromatic rings. The molecule has 29 heavy (non-hydrogen) atoms. The third-order valence-corrected chi connectivity index (χ3v) is 7.70. The molecule has 0 spiro atoms. The van der Waals surface area contributed by atoms with Crippen LogP contribution in [0.5, 0.6) is 0 Å². The van der Waals surface area contributed by atoms with Crippen LogP contribution in [0.25, 0.3) is 0 Å². The zero-order valence-corrected chi connectivity index (χ0v) is 18.4. The van der Waals surface area contributed by atoms with E-state index < -0.39 is 46.8 Å². The summed E-state index contributed by atoms with van der Waals surface area (Å²) in [5.74, 6) is -1.64. The molecule has 1 aliphatic carbocycles. The van der Waals surface area contributed by atoms with Crippen molar-refractivity contribution in [3.63, 3.8) is 0 Å². The SMILES string of the molecule is C/C(=C1\C(O)/C(O)=C(/C)C(C2(O)COC2CC=O)[C@H](C)C(C)(O)C1(C)C)C(C)O. The molecule has 0 aromatic carbocycles. The minimum absolute atomic E-state index is 0.00581. The fourth-order valence-electron chi connectivity index (χ4n) is 5.16. The fraction of sp³-hybridized carbons (Fsp3) is 0.773. The van der Waals surface area contributed by atoms with Crippen LogP contribution in [-0.2, 0) is 9.53 Å². The van der Waals surface area contributed by atoms with E-state index in [0.717, 1.165) is 0 Å². The molecule has 1 heterocycles. The normalized spacial score (nSPS) is 45.6. The number of carbonyl (C=O) groups is 1. The highest BCUT2D eigenvalue weighted by Crippen LogP contribution is 2.55. The van der Waals surface area contributed by atoms with Crippen LogP contribution in [0.2, 0.25) is 0 Å². The third kappa shape index (κ3) is 3.47. The van der Waals surface area contributed by atoms with Gasteiger partial charge in [-0.25, -0.2) is 0 Å². The number of hydrogen-bond acceptors (Lipinski definition) is 7. The molecular weight excluding hydrogens is 376 g/mol. The van der Waals surface area contributed by atoms with Crippen molar-refractivity contribution in [1.82, 2.24) is 0 Å². The second kappa shape index (κ2) is 7.78. The summed E-state index contributed by atoms with van der Waals surface area (Å²) in [5, 5.41) is 55.3. The number of ether oxygens (including phenoxy) is 1. The fourth-order valence-corrected chi connectivity index (χ4v) is 5.16. The monoisotopic (exact) mass is 412 g/mol. The van der Waals surface area contributed by atoms with E-state index >= 15 is 0 Å². The van der Waals surface area contributed by atoms with Crippen molar-refractivity contribution in [3.05, 3.63) is 22.5 Å². The van der Waals surface area contributed by atoms with E-state index in [4.69, 9.17) is 4.74 Å². The molecule has 7 heteroatoms. The van der Waals surface area contributed by atoms with Crippen molar-refractivity contribution in [2.24, 2.45) is 17.3 Å². The smallest absolute Gasteiger partial charge is 0.133 e. The lowest BCUT2D eigenvalue weighted by molar-refractivity contribution is -0.273. The van der Waals surface area contributed by atoms with Crippen LogP contribution in [0.4, 0.5) is 0 Å². The lowest BCUT2D eigenvalue weighted by atomic mass is 9.54. The van der Waals surface area contributed by atoms with Crippen LogP contribution < -0.4 is 0 Å². The number of aliphatic hydroxyl groups excluding tert-OH is 3. The van der Waals surface area contributed by atoms with Gasteiger partial charge in [-0.3, -0.25) is 0 Å². The molecule has 2 aliphatic rings. The summed E-state index contributed by atoms with van der Waals surface area (Å²) in [5.41, 5.74) is -2.81. The molecule has 0 radical (unpaired) electrons. The molecule has 6 unspecified atom stereocenters. The molecular formula is C22H36O7. The maximum Gasteiger partial charge on any atom is 0.133 e. The van der Waals surface area contributed by atoms with Crippen molar-refractivity contribution in [2.45, 2.75) is 84.4 Å². The number of carbonyl (C=O) groups excluding carboxylic acids is 1. The zero-order chi connectivity index (χ0) is 22.5. The average Bonchev–Trinajstić information content (AvgIpc) is 2.63. The minimum Gasteiger partial charge on any atom is -0.509 e. The van der Waals surface area contributed by atoms with Gasteiger partial charge in [-0.05, 0) is 50.3 Å². The first-order valence-electron chi connectivity index (χ1n) is 10.1. The molecule has 0 amide bonds. The van der Waals surface area contributed by atoms with Crippen molar-refractivity contribution < 1.29 is 35.1 Å². The first-order chi connectivity index (χ1) is 13.2. The maximum atomic E-state index is 11.7. The molecule has 0 saturated carbocycles. The predicted molar refractivity (Wildman–Crippen MR) is 108 cm³/mol. The van der Waals surface area contributed by atoms with Gasteiger partial charge in [0.2, 0.25) is 0 Å². The number of aliphatic hydroxyl groups is 5. The maximum absolute atomic E-state index is 11.7. The van der Waals surface area contributed by atoms with Gasteiger partial charge in [-0.2, -0.15) is 0 Å². The molecule has 5 N–H and O–H groups in total. The number of aldehydes is 1. The van der Waals surface area contributed by atoms with E-state index in [1.165, 1.54) is 0 Å². The lowest BCUT2D eigenvalue weighted by Crippen LogP contribution is -2.68. The van der Waals surface area contributed by atoms with Crippen LogP contribution in [0.1, 0.15) is 54.9 Å². The van der Waals surface area contributed by atoms with Gasteiger partial charge in [-0.15, -0.1) is 0 Å². The van der Waals surface area contributed by atoms with E-state index in [0.29, 0.717) is 23.0 Å². The Morgan fingerprint density at radius 2 is 1.86 bits per heavy atom. The summed E-state index contributed by atoms with van der Waals surface area (Å²) in [6, 6.07) is 0. The number of rotatable bonds is 4. The first-order valence-corrected chi connectivity index (χ1v) is 10.1.